The van der Waals surface area contributed by atoms with E-state index in [9.17, 15) is 9.90 Å². The van der Waals surface area contributed by atoms with Crippen molar-refractivity contribution in [3.8, 4) is 0 Å². The van der Waals surface area contributed by atoms with Gasteiger partial charge in [0.1, 0.15) is 0 Å². The number of benzene rings is 2. The van der Waals surface area contributed by atoms with Crippen molar-refractivity contribution in [1.29, 1.82) is 0 Å². The van der Waals surface area contributed by atoms with E-state index in [1.165, 1.54) is 0 Å². The number of rotatable bonds is 4. The second kappa shape index (κ2) is 5.73. The third kappa shape index (κ3) is 2.89. The Balaban J connectivity index is 2.46. The average Bonchev–Trinajstić information content (AvgIpc) is 2.38. The van der Waals surface area contributed by atoms with Gasteiger partial charge >= 0.3 is 5.97 Å². The van der Waals surface area contributed by atoms with Crippen molar-refractivity contribution < 1.29 is 9.90 Å². The molecule has 3 nitrogen and oxygen atoms in total. The first kappa shape index (κ1) is 14.7. The van der Waals surface area contributed by atoms with Crippen LogP contribution in [0.5, 0.6) is 0 Å². The molecule has 1 unspecified atom stereocenters. The number of carbonyl (C=O) groups is 1. The molecule has 2 aromatic rings. The Morgan fingerprint density at radius 3 is 2.45 bits per heavy atom. The molecular formula is C15H13Cl2NO2. The van der Waals surface area contributed by atoms with Crippen molar-refractivity contribution in [2.24, 2.45) is 0 Å². The Bertz CT molecular complexity index is 645. The zero-order valence-corrected chi connectivity index (χ0v) is 12.2. The van der Waals surface area contributed by atoms with Crippen LogP contribution in [0.15, 0.2) is 48.5 Å². The molecule has 2 aromatic carbocycles. The van der Waals surface area contributed by atoms with E-state index in [0.29, 0.717) is 21.3 Å². The van der Waals surface area contributed by atoms with Gasteiger partial charge < -0.3 is 10.4 Å². The highest BCUT2D eigenvalue weighted by molar-refractivity contribution is 6.32. The fourth-order valence-corrected chi connectivity index (χ4v) is 2.47. The molecule has 104 valence electrons. The van der Waals surface area contributed by atoms with E-state index in [4.69, 9.17) is 23.2 Å². The SMILES string of the molecule is CC(Nc1cccc(Cl)c1)(C(=O)O)c1ccccc1Cl. The predicted molar refractivity (Wildman–Crippen MR) is 81.5 cm³/mol. The second-order valence-electron chi connectivity index (χ2n) is 4.55. The van der Waals surface area contributed by atoms with Crippen LogP contribution in [0.3, 0.4) is 0 Å². The lowest BCUT2D eigenvalue weighted by Gasteiger charge is -2.29. The van der Waals surface area contributed by atoms with Gasteiger partial charge in [-0.3, -0.25) is 0 Å². The van der Waals surface area contributed by atoms with E-state index in [2.05, 4.69) is 5.32 Å². The summed E-state index contributed by atoms with van der Waals surface area (Å²) in [7, 11) is 0. The minimum Gasteiger partial charge on any atom is -0.479 e. The molecule has 0 aliphatic rings. The number of aliphatic carboxylic acids is 1. The Morgan fingerprint density at radius 2 is 1.85 bits per heavy atom. The first-order valence-corrected chi connectivity index (χ1v) is 6.71. The lowest BCUT2D eigenvalue weighted by molar-refractivity contribution is -0.142. The van der Waals surface area contributed by atoms with Crippen molar-refractivity contribution in [3.05, 3.63) is 64.1 Å². The molecule has 0 aliphatic carbocycles. The zero-order chi connectivity index (χ0) is 14.8. The number of halogens is 2. The van der Waals surface area contributed by atoms with Gasteiger partial charge in [0.05, 0.1) is 0 Å². The summed E-state index contributed by atoms with van der Waals surface area (Å²) in [5.74, 6) is -1.02. The van der Waals surface area contributed by atoms with Gasteiger partial charge in [0.25, 0.3) is 0 Å². The number of hydrogen-bond donors (Lipinski definition) is 2. The van der Waals surface area contributed by atoms with Crippen LogP contribution in [-0.2, 0) is 10.3 Å². The summed E-state index contributed by atoms with van der Waals surface area (Å²) in [5.41, 5.74) is -0.236. The molecule has 0 saturated heterocycles. The molecule has 0 spiro atoms. The molecule has 2 N–H and O–H groups in total. The van der Waals surface area contributed by atoms with Gasteiger partial charge in [-0.25, -0.2) is 4.79 Å². The highest BCUT2D eigenvalue weighted by atomic mass is 35.5. The fraction of sp³-hybridized carbons (Fsp3) is 0.133. The van der Waals surface area contributed by atoms with Gasteiger partial charge in [-0.15, -0.1) is 0 Å². The number of anilines is 1. The van der Waals surface area contributed by atoms with E-state index in [1.54, 1.807) is 55.5 Å². The summed E-state index contributed by atoms with van der Waals surface area (Å²) in [6.45, 7) is 1.57. The first-order chi connectivity index (χ1) is 9.43. The van der Waals surface area contributed by atoms with Crippen molar-refractivity contribution >= 4 is 34.9 Å². The Kier molecular flexibility index (Phi) is 4.21. The van der Waals surface area contributed by atoms with Crippen molar-refractivity contribution in [3.63, 3.8) is 0 Å². The van der Waals surface area contributed by atoms with E-state index in [1.807, 2.05) is 0 Å². The smallest absolute Gasteiger partial charge is 0.333 e. The van der Waals surface area contributed by atoms with Crippen LogP contribution in [0.1, 0.15) is 12.5 Å². The van der Waals surface area contributed by atoms with Crippen LogP contribution >= 0.6 is 23.2 Å². The van der Waals surface area contributed by atoms with Crippen LogP contribution < -0.4 is 5.32 Å². The minimum atomic E-state index is -1.34. The van der Waals surface area contributed by atoms with Gasteiger partial charge in [-0.1, -0.05) is 47.5 Å². The maximum atomic E-state index is 11.7. The summed E-state index contributed by atoms with van der Waals surface area (Å²) in [4.78, 5) is 11.7. The largest absolute Gasteiger partial charge is 0.479 e. The molecular weight excluding hydrogens is 297 g/mol. The van der Waals surface area contributed by atoms with Crippen LogP contribution in [0, 0.1) is 0 Å². The standard InChI is InChI=1S/C15H13Cl2NO2/c1-15(14(19)20,12-7-2-3-8-13(12)17)18-11-6-4-5-10(16)9-11/h2-9,18H,1H3,(H,19,20). The van der Waals surface area contributed by atoms with Crippen LogP contribution in [0.4, 0.5) is 5.69 Å². The molecule has 0 aliphatic heterocycles. The number of hydrogen-bond acceptors (Lipinski definition) is 2. The Morgan fingerprint density at radius 1 is 1.15 bits per heavy atom. The lowest BCUT2D eigenvalue weighted by atomic mass is 9.91. The molecule has 2 rings (SSSR count). The third-order valence-electron chi connectivity index (χ3n) is 3.06. The van der Waals surface area contributed by atoms with E-state index in [0.717, 1.165) is 0 Å². The second-order valence-corrected chi connectivity index (χ2v) is 5.39. The van der Waals surface area contributed by atoms with Gasteiger partial charge in [0.15, 0.2) is 5.54 Å². The lowest BCUT2D eigenvalue weighted by Crippen LogP contribution is -2.40. The van der Waals surface area contributed by atoms with Crippen molar-refractivity contribution in [1.82, 2.24) is 0 Å². The maximum Gasteiger partial charge on any atom is 0.333 e. The van der Waals surface area contributed by atoms with Crippen LogP contribution in [-0.4, -0.2) is 11.1 Å². The summed E-state index contributed by atoms with van der Waals surface area (Å²) < 4.78 is 0. The third-order valence-corrected chi connectivity index (χ3v) is 3.62. The molecule has 5 heteroatoms. The monoisotopic (exact) mass is 309 g/mol. The molecule has 20 heavy (non-hydrogen) atoms. The fourth-order valence-electron chi connectivity index (χ4n) is 1.96. The Hall–Kier alpha value is -1.71. The molecule has 0 heterocycles. The summed E-state index contributed by atoms with van der Waals surface area (Å²) in [5, 5.41) is 13.5. The Labute approximate surface area is 127 Å². The molecule has 0 saturated carbocycles. The molecule has 0 bridgehead atoms. The van der Waals surface area contributed by atoms with Gasteiger partial charge in [-0.05, 0) is 31.2 Å². The normalized spacial score (nSPS) is 13.6. The van der Waals surface area contributed by atoms with Crippen molar-refractivity contribution in [2.45, 2.75) is 12.5 Å². The minimum absolute atomic E-state index is 0.395. The molecule has 0 fully saturated rings. The van der Waals surface area contributed by atoms with Gasteiger partial charge in [0.2, 0.25) is 0 Å². The number of nitrogens with one attached hydrogen (secondary N) is 1. The molecule has 0 amide bonds. The van der Waals surface area contributed by atoms with E-state index in [-0.39, 0.29) is 0 Å². The molecule has 0 aromatic heterocycles. The predicted octanol–water partition coefficient (Wildman–Crippen LogP) is 4.41. The topological polar surface area (TPSA) is 49.3 Å². The van der Waals surface area contributed by atoms with Gasteiger partial charge in [0, 0.05) is 21.3 Å². The zero-order valence-electron chi connectivity index (χ0n) is 10.7. The molecule has 0 radical (unpaired) electrons. The number of carboxylic acid groups (broad SMARTS) is 1. The van der Waals surface area contributed by atoms with Crippen LogP contribution in [0.2, 0.25) is 10.0 Å². The molecule has 1 atom stereocenters. The van der Waals surface area contributed by atoms with Gasteiger partial charge in [-0.2, -0.15) is 0 Å². The van der Waals surface area contributed by atoms with Crippen molar-refractivity contribution in [2.75, 3.05) is 5.32 Å². The highest BCUT2D eigenvalue weighted by Crippen LogP contribution is 2.32. The summed E-state index contributed by atoms with van der Waals surface area (Å²) in [6.07, 6.45) is 0. The first-order valence-electron chi connectivity index (χ1n) is 5.95. The van der Waals surface area contributed by atoms with E-state index >= 15 is 0 Å². The number of carboxylic acids is 1. The maximum absolute atomic E-state index is 11.7. The average molecular weight is 310 g/mol. The summed E-state index contributed by atoms with van der Waals surface area (Å²) in [6, 6.07) is 13.8. The van der Waals surface area contributed by atoms with Crippen LogP contribution in [0.25, 0.3) is 0 Å². The quantitative estimate of drug-likeness (QED) is 0.879. The highest BCUT2D eigenvalue weighted by Gasteiger charge is 2.36. The summed E-state index contributed by atoms with van der Waals surface area (Å²) >= 11 is 12.0. The van der Waals surface area contributed by atoms with E-state index < -0.39 is 11.5 Å².